The first-order valence-corrected chi connectivity index (χ1v) is 25.1. The number of halogens is 3. The van der Waals surface area contributed by atoms with Crippen molar-refractivity contribution in [1.82, 2.24) is 0 Å². The minimum atomic E-state index is -0.562. The summed E-state index contributed by atoms with van der Waals surface area (Å²) < 4.78 is 10.3. The summed E-state index contributed by atoms with van der Waals surface area (Å²) in [5.74, 6) is -0.468. The third-order valence-electron chi connectivity index (χ3n) is 10.6. The van der Waals surface area contributed by atoms with E-state index in [-0.39, 0.29) is 35.9 Å². The Morgan fingerprint density at radius 1 is 0.745 bits per heavy atom. The molecule has 4 nitrogen and oxygen atoms in total. The fraction of sp³-hybridized carbons (Fsp3) is 0.682. The largest absolute Gasteiger partial charge is 0.462 e. The molecular weight excluding hydrogens is 973 g/mol. The zero-order chi connectivity index (χ0) is 38.5. The van der Waals surface area contributed by atoms with Crippen LogP contribution in [0.25, 0.3) is 0 Å². The third kappa shape index (κ3) is 22.5. The molecule has 0 aliphatic heterocycles. The molecule has 0 aromatic heterocycles. The molecular formula is C44H73I3O4. The van der Waals surface area contributed by atoms with E-state index in [4.69, 9.17) is 9.47 Å². The summed E-state index contributed by atoms with van der Waals surface area (Å²) in [7, 11) is 0. The lowest BCUT2D eigenvalue weighted by atomic mass is 9.71. The summed E-state index contributed by atoms with van der Waals surface area (Å²) in [4.78, 5) is 21.9. The Balaban J connectivity index is 0. The van der Waals surface area contributed by atoms with Gasteiger partial charge < -0.3 is 9.47 Å². The van der Waals surface area contributed by atoms with Gasteiger partial charge in [-0.1, -0.05) is 85.4 Å². The standard InChI is InChI=1S/2C22H36O2.I2.HI/c1-17(9-7-10-18(2)14-16-24-20(4)23)12-13-21-19(3)11-8-15-22(21,5)6;1-8-22(7,24-19(4)23)16-9-11-17(2)13-14-20-18(3)12-10-15-21(20,5)6;1-2;/h9,14H,7-8,10-13,15-16H2,1-6H3;8,11H,1,9-10,12-16H2,2-7H3;;1H/b17-9+,18-14+;17-11+;;. The number of carbonyl (C=O) groups excluding carboxylic acids is 2. The van der Waals surface area contributed by atoms with Gasteiger partial charge in [-0.3, -0.25) is 9.59 Å². The maximum atomic E-state index is 11.2. The molecule has 7 heteroatoms. The third-order valence-corrected chi connectivity index (χ3v) is 10.6. The fourth-order valence-electron chi connectivity index (χ4n) is 7.38. The van der Waals surface area contributed by atoms with Crippen molar-refractivity contribution >= 4 is 73.1 Å². The summed E-state index contributed by atoms with van der Waals surface area (Å²) in [6.07, 6.45) is 24.7. The molecule has 0 saturated carbocycles. The van der Waals surface area contributed by atoms with E-state index in [0.29, 0.717) is 17.4 Å². The summed E-state index contributed by atoms with van der Waals surface area (Å²) in [6, 6.07) is 0. The van der Waals surface area contributed by atoms with Gasteiger partial charge in [0, 0.05) is 51.1 Å². The van der Waals surface area contributed by atoms with E-state index >= 15 is 0 Å². The molecule has 0 spiro atoms. The summed E-state index contributed by atoms with van der Waals surface area (Å²) in [6.45, 7) is 29.8. The second kappa shape index (κ2) is 27.2. The van der Waals surface area contributed by atoms with Crippen molar-refractivity contribution in [2.45, 2.75) is 179 Å². The molecule has 2 aliphatic carbocycles. The van der Waals surface area contributed by atoms with Gasteiger partial charge in [-0.25, -0.2) is 0 Å². The Hall–Kier alpha value is -0.430. The zero-order valence-electron chi connectivity index (χ0n) is 34.4. The van der Waals surface area contributed by atoms with Crippen LogP contribution in [-0.2, 0) is 19.1 Å². The quantitative estimate of drug-likeness (QED) is 0.0878. The van der Waals surface area contributed by atoms with Crippen LogP contribution in [0.15, 0.2) is 69.9 Å². The monoisotopic (exact) mass is 1050 g/mol. The van der Waals surface area contributed by atoms with Crippen LogP contribution in [0.3, 0.4) is 0 Å². The number of hydrogen-bond acceptors (Lipinski definition) is 4. The van der Waals surface area contributed by atoms with Gasteiger partial charge in [0.05, 0.1) is 0 Å². The van der Waals surface area contributed by atoms with Gasteiger partial charge in [0.1, 0.15) is 12.2 Å². The highest BCUT2D eigenvalue weighted by Crippen LogP contribution is 2.43. The van der Waals surface area contributed by atoms with Crippen molar-refractivity contribution in [1.29, 1.82) is 0 Å². The second-order valence-corrected chi connectivity index (χ2v) is 16.1. The molecule has 0 aromatic carbocycles. The van der Waals surface area contributed by atoms with Gasteiger partial charge in [0.25, 0.3) is 0 Å². The average molecular weight is 1050 g/mol. The molecule has 0 saturated heterocycles. The molecule has 1 unspecified atom stereocenters. The molecule has 0 N–H and O–H groups in total. The molecule has 51 heavy (non-hydrogen) atoms. The summed E-state index contributed by atoms with van der Waals surface area (Å²) >= 11 is 4.24. The molecule has 0 bridgehead atoms. The molecule has 0 amide bonds. The Labute approximate surface area is 355 Å². The van der Waals surface area contributed by atoms with Crippen molar-refractivity contribution in [3.05, 3.63) is 69.9 Å². The Morgan fingerprint density at radius 3 is 1.57 bits per heavy atom. The topological polar surface area (TPSA) is 52.6 Å². The maximum absolute atomic E-state index is 11.2. The van der Waals surface area contributed by atoms with Crippen LogP contribution in [0, 0.1) is 10.8 Å². The van der Waals surface area contributed by atoms with Crippen LogP contribution >= 0.6 is 61.2 Å². The molecule has 294 valence electrons. The first-order valence-electron chi connectivity index (χ1n) is 18.8. The molecule has 2 rings (SSSR count). The smallest absolute Gasteiger partial charge is 0.303 e. The van der Waals surface area contributed by atoms with Crippen LogP contribution in [0.2, 0.25) is 0 Å². The first-order chi connectivity index (χ1) is 23.3. The molecule has 0 fully saturated rings. The van der Waals surface area contributed by atoms with Crippen LogP contribution in [0.1, 0.15) is 173 Å². The van der Waals surface area contributed by atoms with E-state index in [9.17, 15) is 9.59 Å². The number of ether oxygens (including phenoxy) is 2. The van der Waals surface area contributed by atoms with Gasteiger partial charge in [-0.15, -0.1) is 24.0 Å². The lowest BCUT2D eigenvalue weighted by molar-refractivity contribution is -0.151. The van der Waals surface area contributed by atoms with Crippen molar-refractivity contribution in [2.24, 2.45) is 10.8 Å². The van der Waals surface area contributed by atoms with Crippen LogP contribution in [-0.4, -0.2) is 24.1 Å². The van der Waals surface area contributed by atoms with Crippen molar-refractivity contribution < 1.29 is 19.1 Å². The minimum absolute atomic E-state index is 0. The Morgan fingerprint density at radius 2 is 1.18 bits per heavy atom. The van der Waals surface area contributed by atoms with Crippen LogP contribution in [0.5, 0.6) is 0 Å². The van der Waals surface area contributed by atoms with E-state index in [0.717, 1.165) is 32.1 Å². The van der Waals surface area contributed by atoms with E-state index in [1.54, 1.807) is 28.4 Å². The lowest BCUT2D eigenvalue weighted by Gasteiger charge is -2.35. The Bertz CT molecular complexity index is 1250. The Kier molecular flexibility index (Phi) is 28.1. The highest BCUT2D eigenvalue weighted by molar-refractivity contribution is 15.0. The normalized spacial score (nSPS) is 18.6. The SMILES string of the molecule is C=CC(C)(CC/C=C(\C)CCC1=C(C)CCCC1(C)C)OC(C)=O.CC(=O)OC/C=C(\C)CC/C=C(\C)CCC1=C(C)CCCC1(C)C.I.II. The average Bonchev–Trinajstić information content (AvgIpc) is 3.00. The van der Waals surface area contributed by atoms with Gasteiger partial charge in [-0.05, 0) is 154 Å². The van der Waals surface area contributed by atoms with Crippen molar-refractivity contribution in [3.8, 4) is 0 Å². The van der Waals surface area contributed by atoms with E-state index in [1.807, 2.05) is 13.0 Å². The number of carbonyl (C=O) groups is 2. The number of hydrogen-bond donors (Lipinski definition) is 0. The molecule has 0 heterocycles. The van der Waals surface area contributed by atoms with Gasteiger partial charge in [-0.2, -0.15) is 0 Å². The lowest BCUT2D eigenvalue weighted by Crippen LogP contribution is -2.27. The van der Waals surface area contributed by atoms with Gasteiger partial charge >= 0.3 is 11.9 Å². The predicted octanol–water partition coefficient (Wildman–Crippen LogP) is 15.4. The second-order valence-electron chi connectivity index (χ2n) is 16.1. The molecule has 0 radical (unpaired) electrons. The zero-order valence-corrected chi connectivity index (χ0v) is 41.1. The molecule has 1 atom stereocenters. The summed E-state index contributed by atoms with van der Waals surface area (Å²) in [5, 5.41) is 0. The maximum Gasteiger partial charge on any atom is 0.303 e. The van der Waals surface area contributed by atoms with Gasteiger partial charge in [0.2, 0.25) is 0 Å². The highest BCUT2D eigenvalue weighted by atomic mass is 128. The number of allylic oxidation sites excluding steroid dienone is 9. The first kappa shape index (κ1) is 52.7. The molecule has 2 aliphatic rings. The highest BCUT2D eigenvalue weighted by Gasteiger charge is 2.29. The van der Waals surface area contributed by atoms with E-state index < -0.39 is 5.60 Å². The van der Waals surface area contributed by atoms with Gasteiger partial charge in [0.15, 0.2) is 0 Å². The minimum Gasteiger partial charge on any atom is -0.462 e. The van der Waals surface area contributed by atoms with Crippen molar-refractivity contribution in [2.75, 3.05) is 6.61 Å². The fourth-order valence-corrected chi connectivity index (χ4v) is 7.38. The van der Waals surface area contributed by atoms with E-state index in [2.05, 4.69) is 118 Å². The van der Waals surface area contributed by atoms with E-state index in [1.165, 1.54) is 88.4 Å². The van der Waals surface area contributed by atoms with Crippen LogP contribution in [0.4, 0.5) is 0 Å². The van der Waals surface area contributed by atoms with Crippen LogP contribution < -0.4 is 0 Å². The summed E-state index contributed by atoms with van der Waals surface area (Å²) in [5.41, 5.74) is 11.0. The molecule has 0 aromatic rings. The number of esters is 2. The van der Waals surface area contributed by atoms with Crippen molar-refractivity contribution in [3.63, 3.8) is 0 Å². The predicted molar refractivity (Wildman–Crippen MR) is 249 cm³/mol. The number of rotatable bonds is 16.